The molecule has 3 fully saturated rings. The van der Waals surface area contributed by atoms with Crippen LogP contribution in [-0.2, 0) is 47.6 Å². The molecular weight excluding hydrogens is 688 g/mol. The fourth-order valence-electron chi connectivity index (χ4n) is 5.74. The van der Waals surface area contributed by atoms with E-state index in [1.807, 2.05) is 0 Å². The molecule has 3 amide bonds. The van der Waals surface area contributed by atoms with Crippen molar-refractivity contribution < 1.29 is 83.3 Å². The summed E-state index contributed by atoms with van der Waals surface area (Å²) in [6.07, 6.45) is -21.0. The van der Waals surface area contributed by atoms with Crippen LogP contribution in [0.15, 0.2) is 0 Å². The molecular formula is C30H52N4O17. The van der Waals surface area contributed by atoms with Gasteiger partial charge in [0.2, 0.25) is 17.7 Å². The normalized spacial score (nSPS) is 39.4. The van der Waals surface area contributed by atoms with E-state index >= 15 is 0 Å². The van der Waals surface area contributed by atoms with E-state index < -0.39 is 147 Å². The molecule has 12 N–H and O–H groups in total. The molecule has 0 aromatic carbocycles. The molecule has 0 unspecified atom stereocenters. The Hall–Kier alpha value is -2.64. The van der Waals surface area contributed by atoms with Crippen molar-refractivity contribution in [1.82, 2.24) is 16.0 Å². The summed E-state index contributed by atoms with van der Waals surface area (Å²) in [5, 5.41) is 80.8. The van der Waals surface area contributed by atoms with Crippen LogP contribution in [0.2, 0.25) is 0 Å². The highest BCUT2D eigenvalue weighted by Gasteiger charge is 2.53. The van der Waals surface area contributed by atoms with Gasteiger partial charge in [0.1, 0.15) is 78.7 Å². The molecule has 0 aliphatic carbocycles. The molecule has 0 radical (unpaired) electrons. The number of carbonyl (C=O) groups excluding carboxylic acids is 4. The number of hydrogen-bond donors (Lipinski definition) is 11. The van der Waals surface area contributed by atoms with Crippen LogP contribution >= 0.6 is 0 Å². The quantitative estimate of drug-likeness (QED) is 0.0829. The molecule has 3 rings (SSSR count). The highest BCUT2D eigenvalue weighted by molar-refractivity contribution is 5.85. The molecule has 294 valence electrons. The SMILES string of the molecule is CC(=O)N[C@@H]1[C@@H](O)[C@H](O[C@@H]2O[C@H](CO)[C@@H](O)[C@H](O)[C@H]2NC(C)=O)[C@@H](CO[C@@H]2O[C@@H](C)[C@@H](O)[C@@H](O)[C@@H]2O)O[C@H]1NC(=O)C[C@H](N)C(=O)OC(C)(C)C. The van der Waals surface area contributed by atoms with E-state index in [-0.39, 0.29) is 0 Å². The Morgan fingerprint density at radius 3 is 1.94 bits per heavy atom. The molecule has 0 bridgehead atoms. The first-order chi connectivity index (χ1) is 23.6. The van der Waals surface area contributed by atoms with Gasteiger partial charge in [-0.3, -0.25) is 19.2 Å². The van der Waals surface area contributed by atoms with Gasteiger partial charge in [0.05, 0.1) is 25.7 Å². The Bertz CT molecular complexity index is 1210. The van der Waals surface area contributed by atoms with Crippen molar-refractivity contribution in [3.63, 3.8) is 0 Å². The molecule has 51 heavy (non-hydrogen) atoms. The van der Waals surface area contributed by atoms with Crippen LogP contribution in [0.3, 0.4) is 0 Å². The lowest BCUT2D eigenvalue weighted by atomic mass is 9.93. The van der Waals surface area contributed by atoms with Gasteiger partial charge >= 0.3 is 5.97 Å². The number of nitrogens with two attached hydrogens (primary N) is 1. The number of aliphatic hydroxyl groups is 7. The van der Waals surface area contributed by atoms with Crippen molar-refractivity contribution in [2.75, 3.05) is 13.2 Å². The molecule has 21 heteroatoms. The maximum Gasteiger partial charge on any atom is 0.323 e. The van der Waals surface area contributed by atoms with Crippen molar-refractivity contribution in [2.24, 2.45) is 5.73 Å². The van der Waals surface area contributed by atoms with Crippen LogP contribution in [0, 0.1) is 0 Å². The van der Waals surface area contributed by atoms with Gasteiger partial charge in [0.25, 0.3) is 0 Å². The minimum absolute atomic E-state index is 0.601. The van der Waals surface area contributed by atoms with Crippen molar-refractivity contribution in [1.29, 1.82) is 0 Å². The first kappa shape index (κ1) is 42.8. The number of nitrogens with one attached hydrogen (secondary N) is 3. The van der Waals surface area contributed by atoms with Gasteiger partial charge in [-0.2, -0.15) is 0 Å². The zero-order valence-electron chi connectivity index (χ0n) is 29.1. The summed E-state index contributed by atoms with van der Waals surface area (Å²) in [6.45, 7) is 7.03. The van der Waals surface area contributed by atoms with E-state index in [0.29, 0.717) is 0 Å². The lowest BCUT2D eigenvalue weighted by Crippen LogP contribution is -2.71. The second-order valence-corrected chi connectivity index (χ2v) is 13.8. The zero-order chi connectivity index (χ0) is 38.5. The highest BCUT2D eigenvalue weighted by Crippen LogP contribution is 2.30. The molecule has 3 aliphatic rings. The number of carbonyl (C=O) groups is 4. The van der Waals surface area contributed by atoms with E-state index in [4.69, 9.17) is 34.2 Å². The predicted molar refractivity (Wildman–Crippen MR) is 167 cm³/mol. The fraction of sp³-hybridized carbons (Fsp3) is 0.867. The number of esters is 1. The average molecular weight is 741 g/mol. The van der Waals surface area contributed by atoms with Crippen LogP contribution < -0.4 is 21.7 Å². The predicted octanol–water partition coefficient (Wildman–Crippen LogP) is -6.07. The third kappa shape index (κ3) is 11.2. The molecule has 3 saturated heterocycles. The molecule has 0 spiro atoms. The molecule has 16 atom stereocenters. The second-order valence-electron chi connectivity index (χ2n) is 13.8. The molecule has 3 aliphatic heterocycles. The number of ether oxygens (including phenoxy) is 6. The lowest BCUT2D eigenvalue weighted by molar-refractivity contribution is -0.329. The van der Waals surface area contributed by atoms with E-state index in [9.17, 15) is 54.9 Å². The Labute approximate surface area is 293 Å². The smallest absolute Gasteiger partial charge is 0.323 e. The molecule has 0 aromatic heterocycles. The van der Waals surface area contributed by atoms with Gasteiger partial charge < -0.3 is 85.9 Å². The first-order valence-electron chi connectivity index (χ1n) is 16.4. The van der Waals surface area contributed by atoms with Crippen molar-refractivity contribution in [3.05, 3.63) is 0 Å². The summed E-state index contributed by atoms with van der Waals surface area (Å²) in [5.41, 5.74) is 4.99. The van der Waals surface area contributed by atoms with Crippen molar-refractivity contribution >= 4 is 23.7 Å². The summed E-state index contributed by atoms with van der Waals surface area (Å²) in [4.78, 5) is 49.8. The molecule has 0 aromatic rings. The second kappa shape index (κ2) is 17.9. The van der Waals surface area contributed by atoms with E-state index in [0.717, 1.165) is 13.8 Å². The first-order valence-corrected chi connectivity index (χ1v) is 16.4. The minimum Gasteiger partial charge on any atom is -0.459 e. The van der Waals surface area contributed by atoms with Gasteiger partial charge in [0, 0.05) is 13.8 Å². The third-order valence-corrected chi connectivity index (χ3v) is 8.28. The van der Waals surface area contributed by atoms with Crippen LogP contribution in [0.4, 0.5) is 0 Å². The van der Waals surface area contributed by atoms with E-state index in [1.165, 1.54) is 6.92 Å². The van der Waals surface area contributed by atoms with Gasteiger partial charge in [-0.05, 0) is 27.7 Å². The maximum atomic E-state index is 13.1. The Kier molecular flexibility index (Phi) is 15.0. The molecule has 3 heterocycles. The Morgan fingerprint density at radius 2 is 1.37 bits per heavy atom. The Balaban J connectivity index is 1.94. The largest absolute Gasteiger partial charge is 0.459 e. The third-order valence-electron chi connectivity index (χ3n) is 8.28. The fourth-order valence-corrected chi connectivity index (χ4v) is 5.74. The minimum atomic E-state index is -1.82. The van der Waals surface area contributed by atoms with Crippen LogP contribution in [0.5, 0.6) is 0 Å². The van der Waals surface area contributed by atoms with Gasteiger partial charge in [-0.15, -0.1) is 0 Å². The van der Waals surface area contributed by atoms with Gasteiger partial charge in [-0.25, -0.2) is 0 Å². The highest BCUT2D eigenvalue weighted by atomic mass is 16.7. The maximum absolute atomic E-state index is 13.1. The molecule has 21 nitrogen and oxygen atoms in total. The summed E-state index contributed by atoms with van der Waals surface area (Å²) in [7, 11) is 0. The summed E-state index contributed by atoms with van der Waals surface area (Å²) in [5.74, 6) is -3.10. The zero-order valence-corrected chi connectivity index (χ0v) is 29.1. The number of aliphatic hydroxyl groups excluding tert-OH is 7. The molecule has 0 saturated carbocycles. The summed E-state index contributed by atoms with van der Waals surface area (Å²) < 4.78 is 34.1. The number of amides is 3. The van der Waals surface area contributed by atoms with Crippen LogP contribution in [0.1, 0.15) is 48.0 Å². The van der Waals surface area contributed by atoms with Gasteiger partial charge in [0.15, 0.2) is 18.8 Å². The number of rotatable bonds is 12. The van der Waals surface area contributed by atoms with Gasteiger partial charge in [-0.1, -0.05) is 0 Å². The summed E-state index contributed by atoms with van der Waals surface area (Å²) in [6, 6.07) is -4.36. The topological polar surface area (TPSA) is 327 Å². The van der Waals surface area contributed by atoms with Crippen LogP contribution in [-0.4, -0.2) is 176 Å². The lowest BCUT2D eigenvalue weighted by Gasteiger charge is -2.48. The van der Waals surface area contributed by atoms with E-state index in [2.05, 4.69) is 16.0 Å². The van der Waals surface area contributed by atoms with Crippen molar-refractivity contribution in [3.8, 4) is 0 Å². The van der Waals surface area contributed by atoms with Crippen LogP contribution in [0.25, 0.3) is 0 Å². The average Bonchev–Trinajstić information content (AvgIpc) is 3.02. The Morgan fingerprint density at radius 1 is 0.765 bits per heavy atom. The standard InChI is InChI=1S/C30H52N4O17/c1-10-19(39)23(43)24(44)29(47-10)46-9-15-25(50-28-18(33-12(3)37)21(41)20(40)14(8-35)49-28)22(42)17(32-11(2)36)26(48-15)34-16(38)7-13(31)27(45)51-30(4,5)6/h10,13-15,17-26,28-29,35,39-44H,7-9,31H2,1-6H3,(H,32,36)(H,33,37)(H,34,38)/t10-,13-,14+,15+,17+,18+,19+,20+,21+,22+,23+,24-,25+,26+,28-,29+/m0/s1. The monoisotopic (exact) mass is 740 g/mol. The van der Waals surface area contributed by atoms with E-state index in [1.54, 1.807) is 20.8 Å². The number of hydrogen-bond acceptors (Lipinski definition) is 18. The van der Waals surface area contributed by atoms with Crippen molar-refractivity contribution in [2.45, 2.75) is 152 Å². The summed E-state index contributed by atoms with van der Waals surface area (Å²) >= 11 is 0.